The Hall–Kier alpha value is -4.55. The monoisotopic (exact) mass is 525 g/mol. The molecule has 1 saturated heterocycles. The second-order valence-electron chi connectivity index (χ2n) is 8.82. The molecule has 0 bridgehead atoms. The number of amides is 2. The zero-order chi connectivity index (χ0) is 26.7. The molecule has 2 aromatic carbocycles. The standard InChI is InChI=1S/C25H22F3N7O3/c26-25(27,28)22-21(30-24(38-22)17-4-2-1-3-5-17)23(37)29-18-8-6-15(7-9-18)16-10-12-35(13-11-16)20(36)14-19-31-33-34-32-19/h1-9,16H,10-14H2,(H,29,37)(H,31,32,33,34). The second kappa shape index (κ2) is 10.4. The van der Waals surface area contributed by atoms with E-state index in [9.17, 15) is 22.8 Å². The van der Waals surface area contributed by atoms with Gasteiger partial charge in [-0.05, 0) is 59.0 Å². The predicted molar refractivity (Wildman–Crippen MR) is 128 cm³/mol. The number of benzene rings is 2. The third-order valence-corrected chi connectivity index (χ3v) is 6.32. The van der Waals surface area contributed by atoms with Crippen molar-refractivity contribution in [2.75, 3.05) is 18.4 Å². The molecule has 1 aliphatic rings. The molecule has 4 aromatic rings. The highest BCUT2D eigenvalue weighted by Crippen LogP contribution is 2.36. The Balaban J connectivity index is 1.22. The lowest BCUT2D eigenvalue weighted by molar-refractivity contribution is -0.153. The molecule has 38 heavy (non-hydrogen) atoms. The predicted octanol–water partition coefficient (Wildman–Crippen LogP) is 4.07. The van der Waals surface area contributed by atoms with Gasteiger partial charge in [-0.25, -0.2) is 10.1 Å². The van der Waals surface area contributed by atoms with Gasteiger partial charge in [-0.1, -0.05) is 30.3 Å². The Morgan fingerprint density at radius 1 is 1.05 bits per heavy atom. The molecule has 0 atom stereocenters. The Kier molecular flexibility index (Phi) is 6.90. The minimum absolute atomic E-state index is 0.0541. The van der Waals surface area contributed by atoms with Crippen molar-refractivity contribution in [3.8, 4) is 11.5 Å². The number of halogens is 3. The molecule has 3 heterocycles. The first-order valence-corrected chi connectivity index (χ1v) is 11.8. The first-order valence-electron chi connectivity index (χ1n) is 11.8. The van der Waals surface area contributed by atoms with E-state index in [0.717, 1.165) is 18.4 Å². The number of rotatable bonds is 6. The van der Waals surface area contributed by atoms with Gasteiger partial charge in [-0.3, -0.25) is 9.59 Å². The third kappa shape index (κ3) is 5.56. The van der Waals surface area contributed by atoms with Crippen molar-refractivity contribution in [1.82, 2.24) is 30.5 Å². The van der Waals surface area contributed by atoms with Gasteiger partial charge in [-0.15, -0.1) is 5.10 Å². The normalized spacial score (nSPS) is 14.4. The van der Waals surface area contributed by atoms with E-state index in [4.69, 9.17) is 4.42 Å². The smallest absolute Gasteiger partial charge is 0.431 e. The van der Waals surface area contributed by atoms with Crippen molar-refractivity contribution in [3.63, 3.8) is 0 Å². The Morgan fingerprint density at radius 3 is 2.39 bits per heavy atom. The number of nitrogens with zero attached hydrogens (tertiary/aromatic N) is 5. The van der Waals surface area contributed by atoms with Gasteiger partial charge >= 0.3 is 6.18 Å². The number of oxazole rings is 1. The fraction of sp³-hybridized carbons (Fsp3) is 0.280. The van der Waals surface area contributed by atoms with E-state index in [0.29, 0.717) is 30.2 Å². The molecule has 0 radical (unpaired) electrons. The number of hydrogen-bond acceptors (Lipinski definition) is 7. The average Bonchev–Trinajstić information content (AvgIpc) is 3.60. The van der Waals surface area contributed by atoms with Crippen LogP contribution in [-0.4, -0.2) is 55.4 Å². The quantitative estimate of drug-likeness (QED) is 0.388. The van der Waals surface area contributed by atoms with E-state index in [1.165, 1.54) is 0 Å². The number of piperidine rings is 1. The molecule has 2 N–H and O–H groups in total. The summed E-state index contributed by atoms with van der Waals surface area (Å²) < 4.78 is 45.6. The maximum Gasteiger partial charge on any atom is 0.452 e. The number of tetrazole rings is 1. The highest BCUT2D eigenvalue weighted by Gasteiger charge is 2.42. The number of carbonyl (C=O) groups is 2. The molecule has 2 amide bonds. The van der Waals surface area contributed by atoms with E-state index >= 15 is 0 Å². The minimum Gasteiger partial charge on any atom is -0.431 e. The van der Waals surface area contributed by atoms with Crippen LogP contribution in [-0.2, 0) is 17.4 Å². The van der Waals surface area contributed by atoms with Crippen LogP contribution >= 0.6 is 0 Å². The van der Waals surface area contributed by atoms with Crippen molar-refractivity contribution in [2.45, 2.75) is 31.4 Å². The molecule has 13 heteroatoms. The molecule has 0 aliphatic carbocycles. The van der Waals surface area contributed by atoms with Crippen LogP contribution < -0.4 is 5.32 Å². The summed E-state index contributed by atoms with van der Waals surface area (Å²) in [6.07, 6.45) is -3.27. The average molecular weight is 525 g/mol. The summed E-state index contributed by atoms with van der Waals surface area (Å²) in [5.74, 6) is -2.20. The van der Waals surface area contributed by atoms with Crippen molar-refractivity contribution in [1.29, 1.82) is 0 Å². The number of H-pyrrole nitrogens is 1. The van der Waals surface area contributed by atoms with Gasteiger partial charge in [0.1, 0.15) is 0 Å². The summed E-state index contributed by atoms with van der Waals surface area (Å²) in [5.41, 5.74) is 0.824. The summed E-state index contributed by atoms with van der Waals surface area (Å²) >= 11 is 0. The van der Waals surface area contributed by atoms with Crippen LogP contribution in [0.3, 0.4) is 0 Å². The zero-order valence-corrected chi connectivity index (χ0v) is 19.9. The Morgan fingerprint density at radius 2 is 1.76 bits per heavy atom. The summed E-state index contributed by atoms with van der Waals surface area (Å²) in [5, 5.41) is 15.7. The lowest BCUT2D eigenvalue weighted by Gasteiger charge is -2.32. The first-order chi connectivity index (χ1) is 18.3. The van der Waals surface area contributed by atoms with E-state index in [1.54, 1.807) is 47.4 Å². The number of alkyl halides is 3. The minimum atomic E-state index is -4.89. The summed E-state index contributed by atoms with van der Waals surface area (Å²) in [7, 11) is 0. The zero-order valence-electron chi connectivity index (χ0n) is 19.9. The van der Waals surface area contributed by atoms with Crippen molar-refractivity contribution < 1.29 is 27.2 Å². The van der Waals surface area contributed by atoms with Gasteiger partial charge in [0, 0.05) is 24.3 Å². The summed E-state index contributed by atoms with van der Waals surface area (Å²) in [4.78, 5) is 30.8. The fourth-order valence-electron chi connectivity index (χ4n) is 4.37. The molecule has 0 saturated carbocycles. The lowest BCUT2D eigenvalue weighted by Crippen LogP contribution is -2.39. The van der Waals surface area contributed by atoms with E-state index in [2.05, 4.69) is 30.9 Å². The van der Waals surface area contributed by atoms with Crippen LogP contribution in [0, 0.1) is 0 Å². The van der Waals surface area contributed by atoms with Crippen LogP contribution in [0.2, 0.25) is 0 Å². The van der Waals surface area contributed by atoms with Gasteiger partial charge < -0.3 is 14.6 Å². The second-order valence-corrected chi connectivity index (χ2v) is 8.82. The Labute approximate surface area is 214 Å². The van der Waals surface area contributed by atoms with Crippen molar-refractivity contribution in [3.05, 3.63) is 77.4 Å². The molecule has 2 aromatic heterocycles. The maximum atomic E-state index is 13.6. The molecule has 196 valence electrons. The van der Waals surface area contributed by atoms with Gasteiger partial charge in [0.2, 0.25) is 17.6 Å². The van der Waals surface area contributed by atoms with E-state index in [1.807, 2.05) is 12.1 Å². The number of anilines is 1. The van der Waals surface area contributed by atoms with Gasteiger partial charge in [-0.2, -0.15) is 13.2 Å². The van der Waals surface area contributed by atoms with Crippen LogP contribution in [0.1, 0.15) is 46.4 Å². The first kappa shape index (κ1) is 25.1. The largest absolute Gasteiger partial charge is 0.452 e. The van der Waals surface area contributed by atoms with Crippen LogP contribution in [0.4, 0.5) is 18.9 Å². The highest BCUT2D eigenvalue weighted by atomic mass is 19.4. The topological polar surface area (TPSA) is 130 Å². The molecule has 10 nitrogen and oxygen atoms in total. The van der Waals surface area contributed by atoms with Crippen LogP contribution in [0.5, 0.6) is 0 Å². The van der Waals surface area contributed by atoms with Crippen molar-refractivity contribution in [2.24, 2.45) is 0 Å². The molecule has 0 spiro atoms. The number of carbonyl (C=O) groups excluding carboxylic acids is 2. The molecule has 1 fully saturated rings. The van der Waals surface area contributed by atoms with Crippen LogP contribution in [0.15, 0.2) is 59.0 Å². The van der Waals surface area contributed by atoms with Crippen molar-refractivity contribution >= 4 is 17.5 Å². The summed E-state index contributed by atoms with van der Waals surface area (Å²) in [6.45, 7) is 1.17. The number of nitrogens with one attached hydrogen (secondary N) is 2. The van der Waals surface area contributed by atoms with E-state index < -0.39 is 23.5 Å². The summed E-state index contributed by atoms with van der Waals surface area (Å²) in [6, 6.07) is 15.0. The third-order valence-electron chi connectivity index (χ3n) is 6.32. The number of hydrogen-bond donors (Lipinski definition) is 2. The van der Waals surface area contributed by atoms with Gasteiger partial charge in [0.25, 0.3) is 5.91 Å². The molecule has 5 rings (SSSR count). The number of aromatic amines is 1. The maximum absolute atomic E-state index is 13.6. The number of aromatic nitrogens is 5. The fourth-order valence-corrected chi connectivity index (χ4v) is 4.37. The van der Waals surface area contributed by atoms with Crippen LogP contribution in [0.25, 0.3) is 11.5 Å². The lowest BCUT2D eigenvalue weighted by atomic mass is 9.89. The van der Waals surface area contributed by atoms with Gasteiger partial charge in [0.15, 0.2) is 11.5 Å². The van der Waals surface area contributed by atoms with E-state index in [-0.39, 0.29) is 24.1 Å². The molecular formula is C25H22F3N7O3. The Bertz CT molecular complexity index is 1400. The molecule has 0 unspecified atom stereocenters. The molecule has 1 aliphatic heterocycles. The van der Waals surface area contributed by atoms with Gasteiger partial charge in [0.05, 0.1) is 6.42 Å². The highest BCUT2D eigenvalue weighted by molar-refractivity contribution is 6.04. The molecular weight excluding hydrogens is 503 g/mol. The number of likely N-dealkylation sites (tertiary alicyclic amines) is 1. The SMILES string of the molecule is O=C(Nc1ccc(C2CCN(C(=O)Cc3nnn[nH]3)CC2)cc1)c1nc(-c2ccccc2)oc1C(F)(F)F.